The Morgan fingerprint density at radius 3 is 2.00 bits per heavy atom. The molecule has 0 aliphatic carbocycles. The molecular formula is C38H44N2O9. The van der Waals surface area contributed by atoms with E-state index in [4.69, 9.17) is 23.7 Å². The Kier molecular flexibility index (Phi) is 9.43. The van der Waals surface area contributed by atoms with Gasteiger partial charge in [-0.05, 0) is 84.6 Å². The average molecular weight is 673 g/mol. The van der Waals surface area contributed by atoms with Gasteiger partial charge in [-0.25, -0.2) is 0 Å². The Bertz CT molecular complexity index is 1860. The maximum Gasteiger partial charge on any atom is 0.201 e. The van der Waals surface area contributed by atoms with Crippen LogP contribution in [0.3, 0.4) is 0 Å². The monoisotopic (exact) mass is 672 g/mol. The zero-order valence-corrected chi connectivity index (χ0v) is 28.8. The summed E-state index contributed by atoms with van der Waals surface area (Å²) in [6.45, 7) is 1.18. The van der Waals surface area contributed by atoms with Gasteiger partial charge in [0.15, 0.2) is 46.0 Å². The number of rotatable bonds is 10. The number of hydrogen-bond acceptors (Lipinski definition) is 10. The van der Waals surface area contributed by atoms with Crippen molar-refractivity contribution in [1.29, 1.82) is 0 Å². The van der Waals surface area contributed by atoms with Crippen molar-refractivity contribution in [3.05, 3.63) is 93.2 Å². The number of methoxy groups -OCH3 is 4. The predicted molar refractivity (Wildman–Crippen MR) is 184 cm³/mol. The Hall–Kier alpha value is -4.84. The quantitative estimate of drug-likeness (QED) is 0.132. The summed E-state index contributed by atoms with van der Waals surface area (Å²) in [6, 6.07) is 15.6. The first kappa shape index (κ1) is 34.0. The molecule has 0 fully saturated rings. The van der Waals surface area contributed by atoms with Gasteiger partial charge in [-0.15, -0.1) is 0 Å². The van der Waals surface area contributed by atoms with Gasteiger partial charge >= 0.3 is 0 Å². The van der Waals surface area contributed by atoms with Gasteiger partial charge in [0.05, 0.1) is 42.0 Å². The highest BCUT2D eigenvalue weighted by Gasteiger charge is 2.35. The van der Waals surface area contributed by atoms with E-state index in [2.05, 4.69) is 4.90 Å². The summed E-state index contributed by atoms with van der Waals surface area (Å²) in [5.74, 6) is 2.00. The summed E-state index contributed by atoms with van der Waals surface area (Å²) in [5.41, 5.74) is 5.37. The number of hydrogen-bond donors (Lipinski definition) is 3. The molecule has 1 unspecified atom stereocenters. The lowest BCUT2D eigenvalue weighted by Gasteiger charge is -2.49. The Morgan fingerprint density at radius 2 is 1.35 bits per heavy atom. The van der Waals surface area contributed by atoms with E-state index in [0.29, 0.717) is 48.8 Å². The number of phenols is 3. The molecule has 0 radical (unpaired) electrons. The second-order valence-electron chi connectivity index (χ2n) is 13.0. The number of likely N-dealkylation sites (N-methyl/N-ethyl adjacent to an activating group) is 2. The summed E-state index contributed by atoms with van der Waals surface area (Å²) in [5, 5.41) is 46.5. The molecule has 2 aliphatic rings. The fourth-order valence-electron chi connectivity index (χ4n) is 7.19. The Labute approximate surface area is 286 Å². The zero-order chi connectivity index (χ0) is 35.0. The first-order valence-electron chi connectivity index (χ1n) is 16.3. The zero-order valence-electron chi connectivity index (χ0n) is 28.8. The standard InChI is InChI=1S/C38H44N2O9/c1-39-13-11-23-18-34(47-5)30(41)20-26(23)28(39)17-25-8-10-33(46-4)37(43)38(25)49-36-16-22(7-9-32(36)45-3)15-29-27-21-31(42)35(48-6)19-24(27)12-14-40(29,2)44/h7-10,16,18-21,28-29,41-43H,11-15,17H2,1-6H3/t28-,29-,40?/m0/s1. The van der Waals surface area contributed by atoms with Crippen molar-refractivity contribution in [2.45, 2.75) is 37.8 Å². The van der Waals surface area contributed by atoms with Crippen LogP contribution in [0.15, 0.2) is 54.6 Å². The minimum atomic E-state index is -0.500. The van der Waals surface area contributed by atoms with Gasteiger partial charge in [0.25, 0.3) is 0 Å². The van der Waals surface area contributed by atoms with Crippen LogP contribution in [0.4, 0.5) is 0 Å². The molecule has 0 spiro atoms. The predicted octanol–water partition coefficient (Wildman–Crippen LogP) is 6.19. The fraction of sp³-hybridized carbons (Fsp3) is 0.368. The maximum atomic E-state index is 13.8. The third-order valence-corrected chi connectivity index (χ3v) is 10.0. The second kappa shape index (κ2) is 13.6. The van der Waals surface area contributed by atoms with Crippen LogP contribution < -0.4 is 23.7 Å². The number of hydroxylamine groups is 3. The summed E-state index contributed by atoms with van der Waals surface area (Å²) in [7, 11) is 9.76. The van der Waals surface area contributed by atoms with Crippen LogP contribution >= 0.6 is 0 Å². The summed E-state index contributed by atoms with van der Waals surface area (Å²) < 4.78 is 27.9. The first-order chi connectivity index (χ1) is 23.5. The molecule has 2 heterocycles. The second-order valence-corrected chi connectivity index (χ2v) is 13.0. The van der Waals surface area contributed by atoms with Crippen molar-refractivity contribution in [2.24, 2.45) is 0 Å². The van der Waals surface area contributed by atoms with Crippen molar-refractivity contribution in [3.63, 3.8) is 0 Å². The number of benzene rings is 4. The Morgan fingerprint density at radius 1 is 0.735 bits per heavy atom. The number of nitrogens with zero attached hydrogens (tertiary/aromatic N) is 2. The molecule has 0 aromatic heterocycles. The van der Waals surface area contributed by atoms with Crippen LogP contribution in [-0.4, -0.2) is 80.5 Å². The van der Waals surface area contributed by atoms with Gasteiger partial charge in [0.2, 0.25) is 5.75 Å². The molecule has 0 saturated carbocycles. The highest BCUT2D eigenvalue weighted by atomic mass is 16.5. The number of fused-ring (bicyclic) bond motifs is 2. The molecule has 4 aromatic rings. The molecule has 11 heteroatoms. The van der Waals surface area contributed by atoms with Crippen molar-refractivity contribution in [3.8, 4) is 51.7 Å². The minimum Gasteiger partial charge on any atom is -0.633 e. The van der Waals surface area contributed by atoms with Crippen molar-refractivity contribution in [1.82, 2.24) is 4.90 Å². The van der Waals surface area contributed by atoms with E-state index in [1.165, 1.54) is 21.3 Å². The van der Waals surface area contributed by atoms with E-state index in [9.17, 15) is 20.5 Å². The lowest BCUT2D eigenvalue weighted by atomic mass is 9.88. The molecule has 4 aromatic carbocycles. The third-order valence-electron chi connectivity index (χ3n) is 10.0. The number of aromatic hydroxyl groups is 3. The molecule has 3 atom stereocenters. The molecular weight excluding hydrogens is 628 g/mol. The lowest BCUT2D eigenvalue weighted by molar-refractivity contribution is -0.894. The van der Waals surface area contributed by atoms with Crippen molar-refractivity contribution in [2.75, 3.05) is 55.6 Å². The summed E-state index contributed by atoms with van der Waals surface area (Å²) >= 11 is 0. The average Bonchev–Trinajstić information content (AvgIpc) is 3.08. The van der Waals surface area contributed by atoms with Gasteiger partial charge in [-0.2, -0.15) is 0 Å². The lowest BCUT2D eigenvalue weighted by Crippen LogP contribution is -2.47. The van der Waals surface area contributed by atoms with Crippen LogP contribution in [0.1, 0.15) is 45.5 Å². The smallest absolute Gasteiger partial charge is 0.201 e. The molecule has 49 heavy (non-hydrogen) atoms. The molecule has 11 nitrogen and oxygen atoms in total. The van der Waals surface area contributed by atoms with E-state index in [-0.39, 0.29) is 34.8 Å². The minimum absolute atomic E-state index is 0.00600. The fourth-order valence-corrected chi connectivity index (χ4v) is 7.19. The van der Waals surface area contributed by atoms with Crippen molar-refractivity contribution < 1.29 is 43.7 Å². The maximum absolute atomic E-state index is 13.8. The summed E-state index contributed by atoms with van der Waals surface area (Å²) in [4.78, 5) is 2.22. The van der Waals surface area contributed by atoms with E-state index in [0.717, 1.165) is 46.3 Å². The van der Waals surface area contributed by atoms with Crippen LogP contribution in [0, 0.1) is 5.21 Å². The van der Waals surface area contributed by atoms with Gasteiger partial charge in [0.1, 0.15) is 6.04 Å². The van der Waals surface area contributed by atoms with E-state index in [1.54, 1.807) is 38.4 Å². The molecule has 2 aliphatic heterocycles. The number of ether oxygens (including phenoxy) is 5. The molecule has 0 saturated heterocycles. The molecule has 260 valence electrons. The number of phenolic OH excluding ortho intramolecular Hbond substituents is 3. The van der Waals surface area contributed by atoms with Gasteiger partial charge in [-0.1, -0.05) is 12.1 Å². The van der Waals surface area contributed by atoms with Crippen molar-refractivity contribution >= 4 is 0 Å². The van der Waals surface area contributed by atoms with Gasteiger partial charge < -0.3 is 48.9 Å². The third kappa shape index (κ3) is 6.49. The van der Waals surface area contributed by atoms with Crippen LogP contribution in [0.5, 0.6) is 51.7 Å². The number of quaternary nitrogens is 1. The first-order valence-corrected chi connectivity index (χ1v) is 16.3. The normalized spacial score (nSPS) is 20.2. The van der Waals surface area contributed by atoms with E-state index < -0.39 is 10.7 Å². The SMILES string of the molecule is COc1cc2c(cc1O)[C@H](Cc1ccc(OC)c(O)c1Oc1cc(C[C@H]3c4cc(O)c(OC)cc4CC[N+]3(C)[O-])ccc1OC)N(C)CC2. The van der Waals surface area contributed by atoms with Crippen LogP contribution in [0.25, 0.3) is 0 Å². The van der Waals surface area contributed by atoms with Crippen LogP contribution in [-0.2, 0) is 25.7 Å². The highest BCUT2D eigenvalue weighted by Crippen LogP contribution is 2.47. The molecule has 6 rings (SSSR count). The molecule has 3 N–H and O–H groups in total. The molecule has 0 amide bonds. The topological polar surface area (TPSA) is 133 Å². The summed E-state index contributed by atoms with van der Waals surface area (Å²) in [6.07, 6.45) is 2.21. The van der Waals surface area contributed by atoms with Gasteiger partial charge in [0, 0.05) is 36.6 Å². The Balaban J connectivity index is 1.36. The van der Waals surface area contributed by atoms with E-state index in [1.807, 2.05) is 37.4 Å². The van der Waals surface area contributed by atoms with E-state index >= 15 is 0 Å². The largest absolute Gasteiger partial charge is 0.633 e. The van der Waals surface area contributed by atoms with Crippen LogP contribution in [0.2, 0.25) is 0 Å². The van der Waals surface area contributed by atoms with Gasteiger partial charge in [-0.3, -0.25) is 4.90 Å². The highest BCUT2D eigenvalue weighted by molar-refractivity contribution is 5.59. The molecule has 0 bridgehead atoms.